The van der Waals surface area contributed by atoms with E-state index in [1.54, 1.807) is 0 Å². The third kappa shape index (κ3) is 3.34. The zero-order valence-electron chi connectivity index (χ0n) is 16.9. The SMILES string of the molecule is c1ccc([P+](Cc2ccc3cccccc2-3)(c2ccccc2)c2ccccc2)cc1. The molecule has 0 saturated carbocycles. The molecule has 30 heavy (non-hydrogen) atoms. The van der Waals surface area contributed by atoms with Crippen LogP contribution in [0.2, 0.25) is 0 Å². The summed E-state index contributed by atoms with van der Waals surface area (Å²) in [5.41, 5.74) is 4.08. The van der Waals surface area contributed by atoms with Crippen LogP contribution in [0.3, 0.4) is 0 Å². The van der Waals surface area contributed by atoms with E-state index in [1.165, 1.54) is 32.6 Å². The Labute approximate surface area is 179 Å². The number of rotatable bonds is 5. The van der Waals surface area contributed by atoms with Gasteiger partial charge in [0.15, 0.2) is 0 Å². The van der Waals surface area contributed by atoms with Gasteiger partial charge in [-0.15, -0.1) is 0 Å². The average molecular weight is 403 g/mol. The van der Waals surface area contributed by atoms with Gasteiger partial charge in [0.2, 0.25) is 0 Å². The Balaban J connectivity index is 1.78. The molecule has 1 heteroatoms. The maximum Gasteiger partial charge on any atom is 0.116 e. The van der Waals surface area contributed by atoms with Crippen molar-refractivity contribution in [1.29, 1.82) is 0 Å². The first-order valence-electron chi connectivity index (χ1n) is 10.4. The van der Waals surface area contributed by atoms with Gasteiger partial charge in [-0.2, -0.15) is 0 Å². The highest BCUT2D eigenvalue weighted by atomic mass is 31.2. The molecule has 0 aliphatic heterocycles. The van der Waals surface area contributed by atoms with Crippen LogP contribution in [0.15, 0.2) is 133 Å². The molecular weight excluding hydrogens is 379 g/mol. The molecule has 0 spiro atoms. The highest BCUT2D eigenvalue weighted by molar-refractivity contribution is 7.95. The second-order valence-electron chi connectivity index (χ2n) is 7.61. The lowest BCUT2D eigenvalue weighted by Gasteiger charge is -2.28. The Hall–Kier alpha value is -3.21. The largest absolute Gasteiger partial charge is 0.116 e. The predicted octanol–water partition coefficient (Wildman–Crippen LogP) is 6.29. The zero-order valence-corrected chi connectivity index (χ0v) is 17.8. The van der Waals surface area contributed by atoms with Crippen LogP contribution in [0.1, 0.15) is 5.56 Å². The second kappa shape index (κ2) is 8.27. The van der Waals surface area contributed by atoms with Crippen molar-refractivity contribution in [1.82, 2.24) is 0 Å². The molecule has 0 saturated heterocycles. The summed E-state index contributed by atoms with van der Waals surface area (Å²) in [6.07, 6.45) is 1.01. The second-order valence-corrected chi connectivity index (χ2v) is 11.1. The van der Waals surface area contributed by atoms with Crippen LogP contribution in [0, 0.1) is 0 Å². The first kappa shape index (κ1) is 18.8. The number of benzene rings is 3. The van der Waals surface area contributed by atoms with Crippen molar-refractivity contribution in [2.24, 2.45) is 0 Å². The van der Waals surface area contributed by atoms with Crippen molar-refractivity contribution in [3.63, 3.8) is 0 Å². The number of hydrogen-bond donors (Lipinski definition) is 0. The van der Waals surface area contributed by atoms with Gasteiger partial charge < -0.3 is 0 Å². The van der Waals surface area contributed by atoms with Crippen LogP contribution in [-0.4, -0.2) is 0 Å². The summed E-state index contributed by atoms with van der Waals surface area (Å²) in [5, 5.41) is 4.28. The summed E-state index contributed by atoms with van der Waals surface area (Å²) in [6, 6.07) is 48.8. The van der Waals surface area contributed by atoms with Crippen LogP contribution >= 0.6 is 7.26 Å². The first-order valence-corrected chi connectivity index (χ1v) is 12.4. The van der Waals surface area contributed by atoms with Crippen LogP contribution < -0.4 is 15.9 Å². The molecule has 0 aromatic heterocycles. The summed E-state index contributed by atoms with van der Waals surface area (Å²) < 4.78 is 0. The molecule has 0 nitrogen and oxygen atoms in total. The summed E-state index contributed by atoms with van der Waals surface area (Å²) in [5.74, 6) is 0. The average Bonchev–Trinajstić information content (AvgIpc) is 3.04. The van der Waals surface area contributed by atoms with Crippen LogP contribution in [0.25, 0.3) is 11.1 Å². The lowest BCUT2D eigenvalue weighted by molar-refractivity contribution is 1.43. The Morgan fingerprint density at radius 2 is 0.833 bits per heavy atom. The molecule has 0 N–H and O–H groups in total. The minimum Gasteiger partial charge on any atom is -0.0622 e. The highest BCUT2D eigenvalue weighted by Gasteiger charge is 2.45. The van der Waals surface area contributed by atoms with Crippen molar-refractivity contribution in [2.75, 3.05) is 0 Å². The maximum atomic E-state index is 2.33. The molecule has 5 rings (SSSR count). The van der Waals surface area contributed by atoms with Gasteiger partial charge in [-0.05, 0) is 53.1 Å². The van der Waals surface area contributed by atoms with Gasteiger partial charge >= 0.3 is 0 Å². The van der Waals surface area contributed by atoms with E-state index >= 15 is 0 Å². The molecule has 0 radical (unpaired) electrons. The number of hydrogen-bond acceptors (Lipinski definition) is 0. The van der Waals surface area contributed by atoms with E-state index < -0.39 is 7.26 Å². The minimum absolute atomic E-state index is 1.01. The summed E-state index contributed by atoms with van der Waals surface area (Å²) in [7, 11) is -1.87. The van der Waals surface area contributed by atoms with Crippen molar-refractivity contribution in [3.8, 4) is 11.1 Å². The summed E-state index contributed by atoms with van der Waals surface area (Å²) in [6.45, 7) is 0. The topological polar surface area (TPSA) is 0 Å². The third-order valence-electron chi connectivity index (χ3n) is 5.88. The van der Waals surface area contributed by atoms with Crippen LogP contribution in [0.4, 0.5) is 0 Å². The standard InChI is InChI=1S/C29H24P/c1-5-13-24-21-22-25(29(24)20-12-1)23-30(26-14-6-2-7-15-26,27-16-8-3-9-17-27)28-18-10-4-11-19-28/h1-22H,23H2/q+1. The molecule has 144 valence electrons. The van der Waals surface area contributed by atoms with E-state index in [-0.39, 0.29) is 0 Å². The molecule has 0 amide bonds. The first-order chi connectivity index (χ1) is 14.9. The zero-order chi connectivity index (χ0) is 20.2. The van der Waals surface area contributed by atoms with Gasteiger partial charge in [-0.25, -0.2) is 0 Å². The van der Waals surface area contributed by atoms with E-state index in [0.717, 1.165) is 6.16 Å². The molecule has 2 aliphatic carbocycles. The van der Waals surface area contributed by atoms with Crippen LogP contribution in [0.5, 0.6) is 0 Å². The molecule has 0 heterocycles. The van der Waals surface area contributed by atoms with E-state index in [9.17, 15) is 0 Å². The van der Waals surface area contributed by atoms with E-state index in [1.807, 2.05) is 0 Å². The number of fused-ring (bicyclic) bond motifs is 1. The lowest BCUT2D eigenvalue weighted by Crippen LogP contribution is -2.32. The van der Waals surface area contributed by atoms with Gasteiger partial charge in [0, 0.05) is 0 Å². The van der Waals surface area contributed by atoms with E-state index in [0.29, 0.717) is 0 Å². The normalized spacial score (nSPS) is 11.5. The van der Waals surface area contributed by atoms with Crippen molar-refractivity contribution in [3.05, 3.63) is 139 Å². The fourth-order valence-corrected chi connectivity index (χ4v) is 8.71. The fraction of sp³-hybridized carbons (Fsp3) is 0.0345. The molecule has 0 atom stereocenters. The molecule has 2 aliphatic rings. The molecule has 0 bridgehead atoms. The quantitative estimate of drug-likeness (QED) is 0.303. The molecule has 3 aromatic rings. The lowest BCUT2D eigenvalue weighted by atomic mass is 10.1. The minimum atomic E-state index is -1.87. The maximum absolute atomic E-state index is 2.33. The van der Waals surface area contributed by atoms with Crippen LogP contribution in [-0.2, 0) is 6.16 Å². The Morgan fingerprint density at radius 3 is 1.33 bits per heavy atom. The van der Waals surface area contributed by atoms with Gasteiger partial charge in [0.25, 0.3) is 0 Å². The Morgan fingerprint density at radius 1 is 0.400 bits per heavy atom. The van der Waals surface area contributed by atoms with Crippen molar-refractivity contribution < 1.29 is 0 Å². The Bertz CT molecular complexity index is 1100. The highest BCUT2D eigenvalue weighted by Crippen LogP contribution is 2.59. The van der Waals surface area contributed by atoms with Crippen molar-refractivity contribution >= 4 is 23.2 Å². The molecule has 0 unspecified atom stereocenters. The van der Waals surface area contributed by atoms with Gasteiger partial charge in [0.1, 0.15) is 23.2 Å². The third-order valence-corrected chi connectivity index (χ3v) is 10.2. The van der Waals surface area contributed by atoms with Gasteiger partial charge in [-0.3, -0.25) is 0 Å². The van der Waals surface area contributed by atoms with E-state index in [2.05, 4.69) is 133 Å². The molecular formula is C29H24P+. The molecule has 3 aromatic carbocycles. The van der Waals surface area contributed by atoms with Crippen molar-refractivity contribution in [2.45, 2.75) is 6.16 Å². The molecule has 0 fully saturated rings. The predicted molar refractivity (Wildman–Crippen MR) is 132 cm³/mol. The monoisotopic (exact) mass is 403 g/mol. The summed E-state index contributed by atoms with van der Waals surface area (Å²) >= 11 is 0. The smallest absolute Gasteiger partial charge is 0.0622 e. The van der Waals surface area contributed by atoms with Gasteiger partial charge in [-0.1, -0.05) is 97.1 Å². The summed E-state index contributed by atoms with van der Waals surface area (Å²) in [4.78, 5) is 0. The fourth-order valence-electron chi connectivity index (χ4n) is 4.44. The van der Waals surface area contributed by atoms with Gasteiger partial charge in [0.05, 0.1) is 6.16 Å². The Kier molecular flexibility index (Phi) is 5.18. The van der Waals surface area contributed by atoms with E-state index in [4.69, 9.17) is 0 Å².